The fourth-order valence-electron chi connectivity index (χ4n) is 3.86. The first-order valence-corrected chi connectivity index (χ1v) is 11.0. The number of hydrogen-bond acceptors (Lipinski definition) is 4. The first-order valence-electron chi connectivity index (χ1n) is 11.0. The molecule has 2 aromatic carbocycles. The van der Waals surface area contributed by atoms with Gasteiger partial charge in [-0.1, -0.05) is 36.4 Å². The van der Waals surface area contributed by atoms with Crippen molar-refractivity contribution >= 4 is 12.3 Å². The molecule has 0 radical (unpaired) electrons. The number of allylic oxidation sites excluding steroid dienone is 1. The van der Waals surface area contributed by atoms with Crippen LogP contribution >= 0.6 is 0 Å². The summed E-state index contributed by atoms with van der Waals surface area (Å²) >= 11 is 0. The lowest BCUT2D eigenvalue weighted by Gasteiger charge is -2.35. The van der Waals surface area contributed by atoms with Gasteiger partial charge in [0.15, 0.2) is 0 Å². The number of halogens is 2. The van der Waals surface area contributed by atoms with Gasteiger partial charge in [-0.05, 0) is 31.0 Å². The van der Waals surface area contributed by atoms with Crippen molar-refractivity contribution in [2.45, 2.75) is 19.9 Å². The van der Waals surface area contributed by atoms with E-state index in [4.69, 9.17) is 0 Å². The normalized spacial score (nSPS) is 14.5. The second kappa shape index (κ2) is 11.6. The molecule has 33 heavy (non-hydrogen) atoms. The van der Waals surface area contributed by atoms with Gasteiger partial charge < -0.3 is 20.0 Å². The maximum absolute atomic E-state index is 14.2. The Morgan fingerprint density at radius 3 is 2.30 bits per heavy atom. The van der Waals surface area contributed by atoms with Crippen molar-refractivity contribution in [3.8, 4) is 0 Å². The average Bonchev–Trinajstić information content (AvgIpc) is 2.83. The molecule has 1 fully saturated rings. The lowest BCUT2D eigenvalue weighted by Crippen LogP contribution is -2.48. The van der Waals surface area contributed by atoms with E-state index >= 15 is 0 Å². The molecule has 6 nitrogen and oxygen atoms in total. The van der Waals surface area contributed by atoms with Gasteiger partial charge in [0.1, 0.15) is 17.3 Å². The number of piperazine rings is 1. The third-order valence-corrected chi connectivity index (χ3v) is 5.85. The fraction of sp³-hybridized carbons (Fsp3) is 0.360. The largest absolute Gasteiger partial charge is 0.363 e. The number of hydrogen-bond donors (Lipinski definition) is 1. The maximum Gasteiger partial charge on any atom is 0.271 e. The molecule has 0 unspecified atom stereocenters. The van der Waals surface area contributed by atoms with E-state index < -0.39 is 11.6 Å². The van der Waals surface area contributed by atoms with E-state index in [1.807, 2.05) is 35.2 Å². The molecule has 1 aliphatic heterocycles. The summed E-state index contributed by atoms with van der Waals surface area (Å²) in [5.74, 6) is -1.69. The Balaban J connectivity index is 1.88. The number of carbonyl (C=O) groups is 2. The van der Waals surface area contributed by atoms with Crippen LogP contribution in [-0.4, -0.2) is 66.8 Å². The predicted molar refractivity (Wildman–Crippen MR) is 123 cm³/mol. The van der Waals surface area contributed by atoms with Crippen LogP contribution in [0.5, 0.6) is 0 Å². The van der Waals surface area contributed by atoms with Crippen LogP contribution in [-0.2, 0) is 22.6 Å². The standard InChI is InChI=1S/C25H30F2N4O2/c1-19(31(18-32)17-21-22(26)9-6-10-23(21)27)24(30-15-12-28-13-16-30)25(33)29(2)14-11-20-7-4-3-5-8-20/h3-10,18,28H,11-17H2,1-2H3/b24-19+. The summed E-state index contributed by atoms with van der Waals surface area (Å²) in [5, 5.41) is 3.25. The first kappa shape index (κ1) is 24.4. The number of benzene rings is 2. The number of amides is 2. The Morgan fingerprint density at radius 2 is 1.70 bits per heavy atom. The molecule has 1 aliphatic rings. The quantitative estimate of drug-likeness (QED) is 0.466. The number of carbonyl (C=O) groups excluding carboxylic acids is 2. The van der Waals surface area contributed by atoms with Gasteiger partial charge in [-0.2, -0.15) is 0 Å². The van der Waals surface area contributed by atoms with Crippen molar-refractivity contribution in [1.29, 1.82) is 0 Å². The van der Waals surface area contributed by atoms with Gasteiger partial charge in [0.25, 0.3) is 5.91 Å². The zero-order valence-electron chi connectivity index (χ0n) is 19.1. The van der Waals surface area contributed by atoms with E-state index in [1.54, 1.807) is 18.9 Å². The smallest absolute Gasteiger partial charge is 0.271 e. The summed E-state index contributed by atoms with van der Waals surface area (Å²) in [6.07, 6.45) is 1.20. The van der Waals surface area contributed by atoms with Crippen LogP contribution in [0.15, 0.2) is 59.9 Å². The highest BCUT2D eigenvalue weighted by Gasteiger charge is 2.27. The number of likely N-dealkylation sites (N-methyl/N-ethyl adjacent to an activating group) is 1. The molecule has 176 valence electrons. The summed E-state index contributed by atoms with van der Waals surface area (Å²) < 4.78 is 28.4. The Morgan fingerprint density at radius 1 is 1.06 bits per heavy atom. The zero-order chi connectivity index (χ0) is 23.8. The highest BCUT2D eigenvalue weighted by molar-refractivity contribution is 5.93. The molecule has 0 bridgehead atoms. The van der Waals surface area contributed by atoms with E-state index in [0.717, 1.165) is 17.7 Å². The summed E-state index contributed by atoms with van der Waals surface area (Å²) in [6, 6.07) is 13.5. The molecule has 1 heterocycles. The third-order valence-electron chi connectivity index (χ3n) is 5.85. The molecule has 1 N–H and O–H groups in total. The Kier molecular flexibility index (Phi) is 8.54. The predicted octanol–water partition coefficient (Wildman–Crippen LogP) is 2.76. The fourth-order valence-corrected chi connectivity index (χ4v) is 3.86. The minimum Gasteiger partial charge on any atom is -0.363 e. The highest BCUT2D eigenvalue weighted by atomic mass is 19.1. The molecular weight excluding hydrogens is 426 g/mol. The second-order valence-corrected chi connectivity index (χ2v) is 8.07. The van der Waals surface area contributed by atoms with Crippen LogP contribution in [0.1, 0.15) is 18.1 Å². The first-order chi connectivity index (χ1) is 15.9. The molecular formula is C25H30F2N4O2. The van der Waals surface area contributed by atoms with Crippen molar-refractivity contribution in [1.82, 2.24) is 20.0 Å². The molecule has 0 atom stereocenters. The Labute approximate surface area is 193 Å². The van der Waals surface area contributed by atoms with Gasteiger partial charge in [0.05, 0.1) is 6.54 Å². The topological polar surface area (TPSA) is 55.9 Å². The molecule has 1 saturated heterocycles. The summed E-state index contributed by atoms with van der Waals surface area (Å²) in [4.78, 5) is 30.2. The van der Waals surface area contributed by atoms with E-state index in [0.29, 0.717) is 56.9 Å². The lowest BCUT2D eigenvalue weighted by atomic mass is 10.1. The van der Waals surface area contributed by atoms with Crippen LogP contribution in [0.2, 0.25) is 0 Å². The minimum absolute atomic E-state index is 0.214. The highest BCUT2D eigenvalue weighted by Crippen LogP contribution is 2.21. The molecule has 0 aliphatic carbocycles. The van der Waals surface area contributed by atoms with Crippen LogP contribution in [0, 0.1) is 11.6 Å². The summed E-state index contributed by atoms with van der Waals surface area (Å²) in [6.45, 7) is 4.41. The van der Waals surface area contributed by atoms with E-state index in [2.05, 4.69) is 5.32 Å². The average molecular weight is 457 g/mol. The third kappa shape index (κ3) is 6.16. The SMILES string of the molecule is C/C(=C(/C(=O)N(C)CCc1ccccc1)N1CCNCC1)N(C=O)Cc1c(F)cccc1F. The van der Waals surface area contributed by atoms with Gasteiger partial charge in [-0.25, -0.2) is 8.78 Å². The monoisotopic (exact) mass is 456 g/mol. The molecule has 0 aromatic heterocycles. The van der Waals surface area contributed by atoms with Crippen LogP contribution in [0.25, 0.3) is 0 Å². The second-order valence-electron chi connectivity index (χ2n) is 8.07. The Bertz CT molecular complexity index is 971. The van der Waals surface area contributed by atoms with E-state index in [-0.39, 0.29) is 18.0 Å². The summed E-state index contributed by atoms with van der Waals surface area (Å²) in [5.41, 5.74) is 1.64. The van der Waals surface area contributed by atoms with Gasteiger partial charge in [0, 0.05) is 51.0 Å². The molecule has 2 aromatic rings. The Hall–Kier alpha value is -3.26. The number of rotatable bonds is 9. The summed E-state index contributed by atoms with van der Waals surface area (Å²) in [7, 11) is 1.72. The van der Waals surface area contributed by atoms with E-state index in [1.165, 1.54) is 11.0 Å². The zero-order valence-corrected chi connectivity index (χ0v) is 19.1. The molecule has 2 amide bonds. The molecule has 8 heteroatoms. The van der Waals surface area contributed by atoms with Crippen molar-refractivity contribution in [3.05, 3.63) is 82.7 Å². The molecule has 3 rings (SSSR count). The molecule has 0 spiro atoms. The maximum atomic E-state index is 14.2. The van der Waals surface area contributed by atoms with Crippen molar-refractivity contribution in [3.63, 3.8) is 0 Å². The van der Waals surface area contributed by atoms with Crippen molar-refractivity contribution in [2.75, 3.05) is 39.8 Å². The number of nitrogens with one attached hydrogen (secondary N) is 1. The van der Waals surface area contributed by atoms with Crippen LogP contribution in [0.3, 0.4) is 0 Å². The van der Waals surface area contributed by atoms with Crippen molar-refractivity contribution in [2.24, 2.45) is 0 Å². The van der Waals surface area contributed by atoms with E-state index in [9.17, 15) is 18.4 Å². The van der Waals surface area contributed by atoms with Gasteiger partial charge in [-0.3, -0.25) is 9.59 Å². The van der Waals surface area contributed by atoms with Crippen LogP contribution < -0.4 is 5.32 Å². The van der Waals surface area contributed by atoms with Gasteiger partial charge >= 0.3 is 0 Å². The van der Waals surface area contributed by atoms with Crippen LogP contribution in [0.4, 0.5) is 8.78 Å². The molecule has 0 saturated carbocycles. The van der Waals surface area contributed by atoms with Crippen molar-refractivity contribution < 1.29 is 18.4 Å². The minimum atomic E-state index is -0.732. The van der Waals surface area contributed by atoms with Gasteiger partial charge in [0.2, 0.25) is 6.41 Å². The number of nitrogens with zero attached hydrogens (tertiary/aromatic N) is 3. The lowest BCUT2D eigenvalue weighted by molar-refractivity contribution is -0.128. The van der Waals surface area contributed by atoms with Gasteiger partial charge in [-0.15, -0.1) is 0 Å².